The topological polar surface area (TPSA) is 46.1 Å². The summed E-state index contributed by atoms with van der Waals surface area (Å²) in [5.41, 5.74) is 0. The van der Waals surface area contributed by atoms with Gasteiger partial charge < -0.3 is 9.64 Å². The molecular formula is C15H26N4OS. The van der Waals surface area contributed by atoms with E-state index < -0.39 is 0 Å². The fourth-order valence-electron chi connectivity index (χ4n) is 3.65. The second-order valence-corrected chi connectivity index (χ2v) is 6.52. The average Bonchev–Trinajstić information content (AvgIpc) is 2.91. The summed E-state index contributed by atoms with van der Waals surface area (Å²) in [6.45, 7) is 4.90. The summed E-state index contributed by atoms with van der Waals surface area (Å²) in [4.78, 5) is 2.37. The summed E-state index contributed by atoms with van der Waals surface area (Å²) < 4.78 is 8.79. The Hall–Kier alpha value is -0.880. The first-order valence-electron chi connectivity index (χ1n) is 8.33. The maximum Gasteiger partial charge on any atom is 0.225 e. The molecule has 1 N–H and O–H groups in total. The third kappa shape index (κ3) is 3.31. The van der Waals surface area contributed by atoms with Crippen molar-refractivity contribution in [1.82, 2.24) is 14.8 Å². The molecule has 21 heavy (non-hydrogen) atoms. The van der Waals surface area contributed by atoms with Gasteiger partial charge in [-0.2, -0.15) is 0 Å². The molecule has 1 saturated carbocycles. The van der Waals surface area contributed by atoms with Gasteiger partial charge >= 0.3 is 0 Å². The zero-order valence-corrected chi connectivity index (χ0v) is 13.7. The van der Waals surface area contributed by atoms with Crippen molar-refractivity contribution in [2.24, 2.45) is 0 Å². The van der Waals surface area contributed by atoms with Crippen LogP contribution in [0.1, 0.15) is 57.9 Å². The number of nitrogens with one attached hydrogen (secondary N) is 1. The molecule has 0 radical (unpaired) electrons. The van der Waals surface area contributed by atoms with E-state index in [1.807, 2.05) is 0 Å². The Morgan fingerprint density at radius 3 is 2.57 bits per heavy atom. The van der Waals surface area contributed by atoms with Crippen LogP contribution < -0.4 is 4.90 Å². The number of H-pyrrole nitrogens is 1. The number of hydrogen-bond donors (Lipinski definition) is 1. The van der Waals surface area contributed by atoms with E-state index in [0.29, 0.717) is 12.1 Å². The van der Waals surface area contributed by atoms with Crippen LogP contribution in [0, 0.1) is 4.77 Å². The van der Waals surface area contributed by atoms with Gasteiger partial charge in [-0.25, -0.2) is 5.10 Å². The highest BCUT2D eigenvalue weighted by atomic mass is 32.1. The third-order valence-electron chi connectivity index (χ3n) is 4.75. The van der Waals surface area contributed by atoms with E-state index in [4.69, 9.17) is 17.0 Å². The van der Waals surface area contributed by atoms with Crippen molar-refractivity contribution in [2.75, 3.05) is 24.6 Å². The molecule has 0 amide bonds. The molecule has 0 atom stereocenters. The molecule has 1 aromatic rings. The molecule has 2 fully saturated rings. The first-order valence-corrected chi connectivity index (χ1v) is 8.74. The summed E-state index contributed by atoms with van der Waals surface area (Å²) in [7, 11) is 0. The maximum atomic E-state index is 5.74. The van der Waals surface area contributed by atoms with Crippen LogP contribution in [0.25, 0.3) is 0 Å². The molecule has 0 unspecified atom stereocenters. The molecule has 2 heterocycles. The van der Waals surface area contributed by atoms with Gasteiger partial charge in [0.25, 0.3) is 0 Å². The molecule has 2 aliphatic rings. The molecule has 0 bridgehead atoms. The standard InChI is InChI=1S/C15H26N4OS/c1-2-20-13-8-10-18(11-9-13)14-16-17-15(21)19(14)12-6-4-3-5-7-12/h12-13H,2-11H2,1H3,(H,17,21). The molecule has 0 spiro atoms. The third-order valence-corrected chi connectivity index (χ3v) is 5.04. The van der Waals surface area contributed by atoms with E-state index in [1.54, 1.807) is 0 Å². The Morgan fingerprint density at radius 1 is 1.19 bits per heavy atom. The second-order valence-electron chi connectivity index (χ2n) is 6.13. The number of ether oxygens (including phenoxy) is 1. The van der Waals surface area contributed by atoms with E-state index in [-0.39, 0.29) is 0 Å². The lowest BCUT2D eigenvalue weighted by molar-refractivity contribution is 0.0456. The zero-order chi connectivity index (χ0) is 14.7. The number of nitrogens with zero attached hydrogens (tertiary/aromatic N) is 3. The van der Waals surface area contributed by atoms with Gasteiger partial charge in [-0.15, -0.1) is 5.10 Å². The molecular weight excluding hydrogens is 284 g/mol. The Labute approximate surface area is 131 Å². The lowest BCUT2D eigenvalue weighted by Gasteiger charge is -2.34. The maximum absolute atomic E-state index is 5.74. The number of aromatic nitrogens is 3. The average molecular weight is 310 g/mol. The fraction of sp³-hybridized carbons (Fsp3) is 0.867. The van der Waals surface area contributed by atoms with E-state index in [1.165, 1.54) is 32.1 Å². The van der Waals surface area contributed by atoms with E-state index >= 15 is 0 Å². The fourth-order valence-corrected chi connectivity index (χ4v) is 3.92. The molecule has 118 valence electrons. The largest absolute Gasteiger partial charge is 0.378 e. The monoisotopic (exact) mass is 310 g/mol. The SMILES string of the molecule is CCOC1CCN(c2n[nH]c(=S)n2C2CCCCC2)CC1. The molecule has 0 aromatic carbocycles. The van der Waals surface area contributed by atoms with Crippen LogP contribution >= 0.6 is 12.2 Å². The van der Waals surface area contributed by atoms with Gasteiger partial charge in [-0.3, -0.25) is 4.57 Å². The van der Waals surface area contributed by atoms with Crippen LogP contribution in [0.3, 0.4) is 0 Å². The molecule has 1 aliphatic heterocycles. The Bertz CT molecular complexity index is 498. The number of rotatable bonds is 4. The molecule has 1 aliphatic carbocycles. The summed E-state index contributed by atoms with van der Waals surface area (Å²) in [6.07, 6.45) is 9.02. The van der Waals surface area contributed by atoms with Gasteiger partial charge in [-0.05, 0) is 44.8 Å². The molecule has 1 aromatic heterocycles. The van der Waals surface area contributed by atoms with E-state index in [0.717, 1.165) is 43.3 Å². The summed E-state index contributed by atoms with van der Waals surface area (Å²) >= 11 is 5.48. The van der Waals surface area contributed by atoms with Crippen LogP contribution in [-0.4, -0.2) is 40.6 Å². The summed E-state index contributed by atoms with van der Waals surface area (Å²) in [6, 6.07) is 0.532. The van der Waals surface area contributed by atoms with E-state index in [2.05, 4.69) is 26.6 Å². The predicted octanol–water partition coefficient (Wildman–Crippen LogP) is 3.45. The molecule has 1 saturated heterocycles. The van der Waals surface area contributed by atoms with Gasteiger partial charge in [0.15, 0.2) is 4.77 Å². The van der Waals surface area contributed by atoms with Gasteiger partial charge in [0.05, 0.1) is 6.10 Å². The van der Waals surface area contributed by atoms with Gasteiger partial charge in [0, 0.05) is 25.7 Å². The highest BCUT2D eigenvalue weighted by Gasteiger charge is 2.26. The Balaban J connectivity index is 1.73. The number of hydrogen-bond acceptors (Lipinski definition) is 4. The van der Waals surface area contributed by atoms with Crippen molar-refractivity contribution in [1.29, 1.82) is 0 Å². The van der Waals surface area contributed by atoms with Crippen LogP contribution in [-0.2, 0) is 4.74 Å². The van der Waals surface area contributed by atoms with Gasteiger partial charge in [0.2, 0.25) is 5.95 Å². The number of anilines is 1. The van der Waals surface area contributed by atoms with Gasteiger partial charge in [0.1, 0.15) is 0 Å². The number of aromatic amines is 1. The highest BCUT2D eigenvalue weighted by molar-refractivity contribution is 7.71. The first-order chi connectivity index (χ1) is 10.3. The lowest BCUT2D eigenvalue weighted by Crippen LogP contribution is -2.39. The van der Waals surface area contributed by atoms with Crippen molar-refractivity contribution >= 4 is 18.2 Å². The molecule has 5 nitrogen and oxygen atoms in total. The zero-order valence-electron chi connectivity index (χ0n) is 12.9. The van der Waals surface area contributed by atoms with Crippen molar-refractivity contribution in [3.05, 3.63) is 4.77 Å². The highest BCUT2D eigenvalue weighted by Crippen LogP contribution is 2.32. The van der Waals surface area contributed by atoms with Crippen molar-refractivity contribution in [2.45, 2.75) is 64.0 Å². The van der Waals surface area contributed by atoms with E-state index in [9.17, 15) is 0 Å². The Kier molecular flexibility index (Phi) is 4.95. The van der Waals surface area contributed by atoms with Crippen LogP contribution in [0.15, 0.2) is 0 Å². The van der Waals surface area contributed by atoms with Crippen molar-refractivity contribution in [3.8, 4) is 0 Å². The van der Waals surface area contributed by atoms with Crippen LogP contribution in [0.2, 0.25) is 0 Å². The normalized spacial score (nSPS) is 21.9. The Morgan fingerprint density at radius 2 is 1.90 bits per heavy atom. The minimum atomic E-state index is 0.413. The molecule has 3 rings (SSSR count). The minimum absolute atomic E-state index is 0.413. The smallest absolute Gasteiger partial charge is 0.225 e. The lowest BCUT2D eigenvalue weighted by atomic mass is 9.95. The van der Waals surface area contributed by atoms with Crippen LogP contribution in [0.4, 0.5) is 5.95 Å². The predicted molar refractivity (Wildman–Crippen MR) is 86.4 cm³/mol. The van der Waals surface area contributed by atoms with Crippen molar-refractivity contribution < 1.29 is 4.74 Å². The number of piperidine rings is 1. The molecule has 6 heteroatoms. The van der Waals surface area contributed by atoms with Crippen LogP contribution in [0.5, 0.6) is 0 Å². The van der Waals surface area contributed by atoms with Gasteiger partial charge in [-0.1, -0.05) is 19.3 Å². The first kappa shape index (κ1) is 15.0. The van der Waals surface area contributed by atoms with Crippen molar-refractivity contribution in [3.63, 3.8) is 0 Å². The summed E-state index contributed by atoms with van der Waals surface area (Å²) in [5.74, 6) is 1.04. The quantitative estimate of drug-likeness (QED) is 0.865. The second kappa shape index (κ2) is 6.92. The summed E-state index contributed by atoms with van der Waals surface area (Å²) in [5, 5.41) is 7.53. The minimum Gasteiger partial charge on any atom is -0.378 e.